The molecule has 0 fully saturated rings. The van der Waals surface area contributed by atoms with E-state index in [1.54, 1.807) is 18.4 Å². The Bertz CT molecular complexity index is 439. The van der Waals surface area contributed by atoms with E-state index < -0.39 is 0 Å². The highest BCUT2D eigenvalue weighted by Gasteiger charge is 2.16. The summed E-state index contributed by atoms with van der Waals surface area (Å²) < 4.78 is 5.39. The van der Waals surface area contributed by atoms with Gasteiger partial charge in [0, 0.05) is 10.4 Å². The molecule has 0 saturated carbocycles. The van der Waals surface area contributed by atoms with Gasteiger partial charge in [-0.3, -0.25) is 0 Å². The molecular formula is C13H15NOS. The normalized spacial score (nSPS) is 12.4. The summed E-state index contributed by atoms with van der Waals surface area (Å²) in [6.07, 6.45) is 0. The van der Waals surface area contributed by atoms with Crippen LogP contribution in [0.25, 0.3) is 0 Å². The molecule has 3 heteroatoms. The lowest BCUT2D eigenvalue weighted by molar-refractivity contribution is 0.405. The summed E-state index contributed by atoms with van der Waals surface area (Å²) in [6.45, 7) is 0. The highest BCUT2D eigenvalue weighted by molar-refractivity contribution is 7.10. The zero-order chi connectivity index (χ0) is 11.4. The molecule has 0 amide bonds. The van der Waals surface area contributed by atoms with Gasteiger partial charge in [0.2, 0.25) is 0 Å². The molecule has 0 bridgehead atoms. The predicted molar refractivity (Wildman–Crippen MR) is 68.2 cm³/mol. The average Bonchev–Trinajstić information content (AvgIpc) is 2.84. The van der Waals surface area contributed by atoms with Crippen LogP contribution in [0, 0.1) is 0 Å². The van der Waals surface area contributed by atoms with Gasteiger partial charge in [0.15, 0.2) is 0 Å². The van der Waals surface area contributed by atoms with Crippen molar-refractivity contribution in [1.82, 2.24) is 5.32 Å². The monoisotopic (exact) mass is 233 g/mol. The van der Waals surface area contributed by atoms with Gasteiger partial charge in [-0.1, -0.05) is 24.3 Å². The molecule has 0 aliphatic carbocycles. The highest BCUT2D eigenvalue weighted by atomic mass is 32.1. The Morgan fingerprint density at radius 3 is 2.62 bits per heavy atom. The van der Waals surface area contributed by atoms with Crippen molar-refractivity contribution in [3.63, 3.8) is 0 Å². The summed E-state index contributed by atoms with van der Waals surface area (Å²) in [5.41, 5.74) is 1.18. The second-order valence-corrected chi connectivity index (χ2v) is 4.46. The molecule has 1 heterocycles. The first kappa shape index (κ1) is 11.2. The minimum Gasteiger partial charge on any atom is -0.496 e. The van der Waals surface area contributed by atoms with E-state index >= 15 is 0 Å². The van der Waals surface area contributed by atoms with Gasteiger partial charge in [0.1, 0.15) is 5.75 Å². The SMILES string of the molecule is CNC(c1cccs1)c1ccccc1OC. The summed E-state index contributed by atoms with van der Waals surface area (Å²) in [7, 11) is 3.68. The fourth-order valence-electron chi connectivity index (χ4n) is 1.81. The summed E-state index contributed by atoms with van der Waals surface area (Å²) in [6, 6.07) is 12.5. The van der Waals surface area contributed by atoms with Gasteiger partial charge in [0.05, 0.1) is 13.2 Å². The molecule has 0 aliphatic rings. The van der Waals surface area contributed by atoms with E-state index in [1.165, 1.54) is 10.4 Å². The molecule has 2 rings (SSSR count). The van der Waals surface area contributed by atoms with Crippen molar-refractivity contribution in [1.29, 1.82) is 0 Å². The van der Waals surface area contributed by atoms with Crippen LogP contribution < -0.4 is 10.1 Å². The number of para-hydroxylation sites is 1. The van der Waals surface area contributed by atoms with Gasteiger partial charge in [-0.2, -0.15) is 0 Å². The summed E-state index contributed by atoms with van der Waals surface area (Å²) >= 11 is 1.75. The van der Waals surface area contributed by atoms with Gasteiger partial charge in [-0.05, 0) is 24.6 Å². The minimum absolute atomic E-state index is 0.205. The van der Waals surface area contributed by atoms with Crippen LogP contribution in [0.15, 0.2) is 41.8 Å². The van der Waals surface area contributed by atoms with Gasteiger partial charge in [-0.15, -0.1) is 11.3 Å². The molecule has 0 saturated heterocycles. The second-order valence-electron chi connectivity index (χ2n) is 3.48. The maximum Gasteiger partial charge on any atom is 0.124 e. The molecule has 2 aromatic rings. The molecule has 2 nitrogen and oxygen atoms in total. The number of methoxy groups -OCH3 is 1. The van der Waals surface area contributed by atoms with E-state index in [0.29, 0.717) is 0 Å². The number of benzene rings is 1. The Labute approximate surface area is 99.9 Å². The van der Waals surface area contributed by atoms with Crippen LogP contribution in [0.1, 0.15) is 16.5 Å². The zero-order valence-corrected chi connectivity index (χ0v) is 10.3. The maximum atomic E-state index is 5.39. The largest absolute Gasteiger partial charge is 0.496 e. The minimum atomic E-state index is 0.205. The summed E-state index contributed by atoms with van der Waals surface area (Å²) in [5.74, 6) is 0.926. The van der Waals surface area contributed by atoms with Gasteiger partial charge >= 0.3 is 0 Å². The topological polar surface area (TPSA) is 21.3 Å². The van der Waals surface area contributed by atoms with Gasteiger partial charge in [0.25, 0.3) is 0 Å². The van der Waals surface area contributed by atoms with Crippen molar-refractivity contribution in [3.05, 3.63) is 52.2 Å². The number of ether oxygens (including phenoxy) is 1. The number of hydrogen-bond acceptors (Lipinski definition) is 3. The first-order chi connectivity index (χ1) is 7.86. The first-order valence-electron chi connectivity index (χ1n) is 5.20. The van der Waals surface area contributed by atoms with Crippen LogP contribution in [-0.2, 0) is 0 Å². The molecule has 1 atom stereocenters. The fraction of sp³-hybridized carbons (Fsp3) is 0.231. The molecule has 16 heavy (non-hydrogen) atoms. The quantitative estimate of drug-likeness (QED) is 0.876. The van der Waals surface area contributed by atoms with Crippen molar-refractivity contribution in [2.24, 2.45) is 0 Å². The third-order valence-electron chi connectivity index (χ3n) is 2.57. The van der Waals surface area contributed by atoms with Crippen LogP contribution in [0.3, 0.4) is 0 Å². The lowest BCUT2D eigenvalue weighted by atomic mass is 10.0. The number of hydrogen-bond donors (Lipinski definition) is 1. The van der Waals surface area contributed by atoms with Crippen LogP contribution >= 0.6 is 11.3 Å². The first-order valence-corrected chi connectivity index (χ1v) is 6.08. The molecule has 0 radical (unpaired) electrons. The van der Waals surface area contributed by atoms with Crippen molar-refractivity contribution in [2.45, 2.75) is 6.04 Å². The van der Waals surface area contributed by atoms with Crippen molar-refractivity contribution in [3.8, 4) is 5.75 Å². The Morgan fingerprint density at radius 2 is 2.00 bits per heavy atom. The smallest absolute Gasteiger partial charge is 0.124 e. The lowest BCUT2D eigenvalue weighted by Crippen LogP contribution is -2.17. The number of thiophene rings is 1. The summed E-state index contributed by atoms with van der Waals surface area (Å²) in [5, 5.41) is 5.42. The summed E-state index contributed by atoms with van der Waals surface area (Å²) in [4.78, 5) is 1.30. The fourth-order valence-corrected chi connectivity index (χ4v) is 2.66. The van der Waals surface area contributed by atoms with E-state index in [4.69, 9.17) is 4.74 Å². The number of nitrogens with one attached hydrogen (secondary N) is 1. The third kappa shape index (κ3) is 2.10. The van der Waals surface area contributed by atoms with E-state index in [0.717, 1.165) is 5.75 Å². The molecular weight excluding hydrogens is 218 g/mol. The van der Waals surface area contributed by atoms with Crippen LogP contribution in [0.2, 0.25) is 0 Å². The van der Waals surface area contributed by atoms with E-state index in [-0.39, 0.29) is 6.04 Å². The Hall–Kier alpha value is -1.32. The van der Waals surface area contributed by atoms with Crippen molar-refractivity contribution >= 4 is 11.3 Å². The van der Waals surface area contributed by atoms with Gasteiger partial charge < -0.3 is 10.1 Å². The zero-order valence-electron chi connectivity index (χ0n) is 9.44. The van der Waals surface area contributed by atoms with E-state index in [1.807, 2.05) is 25.2 Å². The standard InChI is InChI=1S/C13H15NOS/c1-14-13(12-8-5-9-16-12)10-6-3-4-7-11(10)15-2/h3-9,13-14H,1-2H3. The van der Waals surface area contributed by atoms with Crippen LogP contribution in [0.4, 0.5) is 0 Å². The molecule has 1 N–H and O–H groups in total. The Kier molecular flexibility index (Phi) is 3.59. The second kappa shape index (κ2) is 5.14. The van der Waals surface area contributed by atoms with Crippen molar-refractivity contribution < 1.29 is 4.74 Å². The predicted octanol–water partition coefficient (Wildman–Crippen LogP) is 3.07. The van der Waals surface area contributed by atoms with Crippen LogP contribution in [-0.4, -0.2) is 14.2 Å². The molecule has 84 valence electrons. The third-order valence-corrected chi connectivity index (χ3v) is 3.50. The average molecular weight is 233 g/mol. The molecule has 1 unspecified atom stereocenters. The maximum absolute atomic E-state index is 5.39. The van der Waals surface area contributed by atoms with Crippen molar-refractivity contribution in [2.75, 3.05) is 14.2 Å². The van der Waals surface area contributed by atoms with Crippen LogP contribution in [0.5, 0.6) is 5.75 Å². The molecule has 0 spiro atoms. The Balaban J connectivity index is 2.41. The van der Waals surface area contributed by atoms with E-state index in [9.17, 15) is 0 Å². The Morgan fingerprint density at radius 1 is 1.19 bits per heavy atom. The lowest BCUT2D eigenvalue weighted by Gasteiger charge is -2.17. The molecule has 0 aliphatic heterocycles. The van der Waals surface area contributed by atoms with E-state index in [2.05, 4.69) is 28.9 Å². The highest BCUT2D eigenvalue weighted by Crippen LogP contribution is 2.31. The molecule has 1 aromatic carbocycles. The molecule has 1 aromatic heterocycles. The van der Waals surface area contributed by atoms with Gasteiger partial charge in [-0.25, -0.2) is 0 Å². The number of rotatable bonds is 4.